The summed E-state index contributed by atoms with van der Waals surface area (Å²) in [6.45, 7) is 6.57. The lowest BCUT2D eigenvalue weighted by molar-refractivity contribution is 0.218. The van der Waals surface area contributed by atoms with Crippen LogP contribution in [0.3, 0.4) is 0 Å². The first kappa shape index (κ1) is 10.5. The largest absolute Gasteiger partial charge is 0.388 e. The van der Waals surface area contributed by atoms with E-state index in [1.165, 1.54) is 19.4 Å². The molecule has 1 rings (SSSR count). The molecule has 1 aliphatic carbocycles. The van der Waals surface area contributed by atoms with E-state index in [9.17, 15) is 0 Å². The molecule has 0 radical (unpaired) electrons. The van der Waals surface area contributed by atoms with Crippen LogP contribution in [0.15, 0.2) is 0 Å². The van der Waals surface area contributed by atoms with E-state index in [4.69, 9.17) is 11.1 Å². The zero-order chi connectivity index (χ0) is 9.84. The Bertz CT molecular complexity index is 173. The quantitative estimate of drug-likeness (QED) is 0.483. The van der Waals surface area contributed by atoms with Gasteiger partial charge >= 0.3 is 0 Å². The van der Waals surface area contributed by atoms with Gasteiger partial charge in [-0.3, -0.25) is 5.41 Å². The third-order valence-corrected chi connectivity index (χ3v) is 2.59. The molecular formula is C10H21N3. The molecule has 0 bridgehead atoms. The van der Waals surface area contributed by atoms with Crippen molar-refractivity contribution in [1.29, 1.82) is 5.41 Å². The van der Waals surface area contributed by atoms with Gasteiger partial charge in [-0.2, -0.15) is 0 Å². The van der Waals surface area contributed by atoms with Gasteiger partial charge in [0.05, 0.1) is 5.84 Å². The number of hydrogen-bond donors (Lipinski definition) is 2. The summed E-state index contributed by atoms with van der Waals surface area (Å²) in [5.74, 6) is 1.23. The number of nitrogens with one attached hydrogen (secondary N) is 1. The number of amidine groups is 1. The van der Waals surface area contributed by atoms with Gasteiger partial charge < -0.3 is 10.6 Å². The molecule has 1 aliphatic rings. The van der Waals surface area contributed by atoms with Crippen LogP contribution in [0.5, 0.6) is 0 Å². The second kappa shape index (κ2) is 4.61. The minimum atomic E-state index is 0.307. The predicted molar refractivity (Wildman–Crippen MR) is 56.0 cm³/mol. The average Bonchev–Trinajstić information content (AvgIpc) is 2.80. The Hall–Kier alpha value is -0.570. The highest BCUT2D eigenvalue weighted by Gasteiger charge is 2.25. The minimum absolute atomic E-state index is 0.307. The van der Waals surface area contributed by atoms with Crippen molar-refractivity contribution in [1.82, 2.24) is 4.90 Å². The van der Waals surface area contributed by atoms with E-state index in [-0.39, 0.29) is 0 Å². The van der Waals surface area contributed by atoms with Crippen LogP contribution in [0, 0.1) is 11.3 Å². The highest BCUT2D eigenvalue weighted by atomic mass is 15.1. The summed E-state index contributed by atoms with van der Waals surface area (Å²) in [6.07, 6.45) is 3.50. The maximum atomic E-state index is 7.18. The van der Waals surface area contributed by atoms with Crippen molar-refractivity contribution in [3.63, 3.8) is 0 Å². The minimum Gasteiger partial charge on any atom is -0.388 e. The van der Waals surface area contributed by atoms with Gasteiger partial charge in [-0.15, -0.1) is 0 Å². The number of rotatable bonds is 6. The highest BCUT2D eigenvalue weighted by molar-refractivity contribution is 5.76. The molecular weight excluding hydrogens is 162 g/mol. The Morgan fingerprint density at radius 1 is 1.54 bits per heavy atom. The fraction of sp³-hybridized carbons (Fsp3) is 0.900. The Labute approximate surface area is 80.8 Å². The number of hydrogen-bond acceptors (Lipinski definition) is 2. The molecule has 0 heterocycles. The van der Waals surface area contributed by atoms with Gasteiger partial charge in [0.15, 0.2) is 0 Å². The summed E-state index contributed by atoms with van der Waals surface area (Å²) >= 11 is 0. The van der Waals surface area contributed by atoms with Crippen molar-refractivity contribution in [3.8, 4) is 0 Å². The van der Waals surface area contributed by atoms with Crippen LogP contribution in [0.2, 0.25) is 0 Å². The second-order valence-electron chi connectivity index (χ2n) is 4.31. The smallest absolute Gasteiger partial charge is 0.0918 e. The van der Waals surface area contributed by atoms with Crippen molar-refractivity contribution < 1.29 is 0 Å². The molecule has 3 nitrogen and oxygen atoms in total. The molecule has 0 amide bonds. The summed E-state index contributed by atoms with van der Waals surface area (Å²) in [5, 5.41) is 7.18. The monoisotopic (exact) mass is 183 g/mol. The molecule has 76 valence electrons. The first-order chi connectivity index (χ1) is 6.09. The van der Waals surface area contributed by atoms with Crippen LogP contribution < -0.4 is 5.73 Å². The van der Waals surface area contributed by atoms with Gasteiger partial charge in [0.2, 0.25) is 0 Å². The zero-order valence-corrected chi connectivity index (χ0v) is 8.71. The standard InChI is InChI=1S/C10H21N3/c1-8(2)13(6-5-10(11)12)7-9-3-4-9/h8-9H,3-7H2,1-2H3,(H3,11,12). The Balaban J connectivity index is 2.23. The molecule has 1 saturated carbocycles. The summed E-state index contributed by atoms with van der Waals surface area (Å²) in [4.78, 5) is 2.43. The van der Waals surface area contributed by atoms with Gasteiger partial charge in [0.25, 0.3) is 0 Å². The van der Waals surface area contributed by atoms with Crippen LogP contribution >= 0.6 is 0 Å². The van der Waals surface area contributed by atoms with Gasteiger partial charge in [-0.1, -0.05) is 0 Å². The molecule has 0 aromatic rings. The van der Waals surface area contributed by atoms with Gasteiger partial charge in [-0.05, 0) is 32.6 Å². The van der Waals surface area contributed by atoms with Crippen molar-refractivity contribution in [2.45, 2.75) is 39.2 Å². The first-order valence-electron chi connectivity index (χ1n) is 5.16. The van der Waals surface area contributed by atoms with Crippen molar-refractivity contribution in [2.75, 3.05) is 13.1 Å². The van der Waals surface area contributed by atoms with E-state index >= 15 is 0 Å². The molecule has 0 aromatic carbocycles. The molecule has 13 heavy (non-hydrogen) atoms. The van der Waals surface area contributed by atoms with Crippen LogP contribution in [0.4, 0.5) is 0 Å². The van der Waals surface area contributed by atoms with Crippen molar-refractivity contribution in [2.24, 2.45) is 11.7 Å². The molecule has 0 unspecified atom stereocenters. The summed E-state index contributed by atoms with van der Waals surface area (Å²) in [7, 11) is 0. The van der Waals surface area contributed by atoms with E-state index in [1.807, 2.05) is 0 Å². The van der Waals surface area contributed by atoms with Gasteiger partial charge in [0, 0.05) is 25.6 Å². The third kappa shape index (κ3) is 4.27. The number of nitrogens with two attached hydrogens (primary N) is 1. The molecule has 0 spiro atoms. The van der Waals surface area contributed by atoms with Gasteiger partial charge in [-0.25, -0.2) is 0 Å². The molecule has 1 fully saturated rings. The molecule has 0 atom stereocenters. The maximum Gasteiger partial charge on any atom is 0.0918 e. The van der Waals surface area contributed by atoms with Crippen molar-refractivity contribution in [3.05, 3.63) is 0 Å². The fourth-order valence-electron chi connectivity index (χ4n) is 1.46. The van der Waals surface area contributed by atoms with E-state index in [0.717, 1.165) is 12.5 Å². The lowest BCUT2D eigenvalue weighted by Gasteiger charge is -2.26. The highest BCUT2D eigenvalue weighted by Crippen LogP contribution is 2.30. The maximum absolute atomic E-state index is 7.18. The average molecular weight is 183 g/mol. The lowest BCUT2D eigenvalue weighted by Crippen LogP contribution is -2.35. The Kier molecular flexibility index (Phi) is 3.72. The van der Waals surface area contributed by atoms with E-state index in [1.54, 1.807) is 0 Å². The predicted octanol–water partition coefficient (Wildman–Crippen LogP) is 1.43. The fourth-order valence-corrected chi connectivity index (χ4v) is 1.46. The second-order valence-corrected chi connectivity index (χ2v) is 4.31. The summed E-state index contributed by atoms with van der Waals surface area (Å²) < 4.78 is 0. The van der Waals surface area contributed by atoms with Crippen LogP contribution in [0.1, 0.15) is 33.1 Å². The van der Waals surface area contributed by atoms with Crippen LogP contribution in [-0.4, -0.2) is 29.9 Å². The molecule has 3 heteroatoms. The lowest BCUT2D eigenvalue weighted by atomic mass is 10.2. The zero-order valence-electron chi connectivity index (χ0n) is 8.71. The first-order valence-corrected chi connectivity index (χ1v) is 5.16. The van der Waals surface area contributed by atoms with Crippen molar-refractivity contribution >= 4 is 5.84 Å². The van der Waals surface area contributed by atoms with E-state index in [0.29, 0.717) is 18.3 Å². The Morgan fingerprint density at radius 2 is 2.15 bits per heavy atom. The SMILES string of the molecule is CC(C)N(CCC(=N)N)CC1CC1. The van der Waals surface area contributed by atoms with Crippen LogP contribution in [0.25, 0.3) is 0 Å². The Morgan fingerprint density at radius 3 is 2.54 bits per heavy atom. The summed E-state index contributed by atoms with van der Waals surface area (Å²) in [6, 6.07) is 0.583. The third-order valence-electron chi connectivity index (χ3n) is 2.59. The summed E-state index contributed by atoms with van der Waals surface area (Å²) in [5.41, 5.74) is 5.34. The molecule has 0 saturated heterocycles. The van der Waals surface area contributed by atoms with E-state index < -0.39 is 0 Å². The topological polar surface area (TPSA) is 53.1 Å². The molecule has 0 aromatic heterocycles. The van der Waals surface area contributed by atoms with Crippen LogP contribution in [-0.2, 0) is 0 Å². The molecule has 0 aliphatic heterocycles. The molecule has 3 N–H and O–H groups in total. The van der Waals surface area contributed by atoms with Gasteiger partial charge in [0.1, 0.15) is 0 Å². The number of nitrogens with zero attached hydrogens (tertiary/aromatic N) is 1. The van der Waals surface area contributed by atoms with E-state index in [2.05, 4.69) is 18.7 Å². The normalized spacial score (nSPS) is 16.9.